The summed E-state index contributed by atoms with van der Waals surface area (Å²) in [5, 5.41) is 9.17. The van der Waals surface area contributed by atoms with Crippen molar-refractivity contribution in [3.63, 3.8) is 0 Å². The number of aryl methyl sites for hydroxylation is 2. The fraction of sp³-hybridized carbons (Fsp3) is 0.250. The molecule has 10 heteroatoms. The molecule has 0 fully saturated rings. The lowest BCUT2D eigenvalue weighted by Gasteiger charge is -2.05. The lowest BCUT2D eigenvalue weighted by Crippen LogP contribution is -2.14. The maximum Gasteiger partial charge on any atom is 0.266 e. The van der Waals surface area contributed by atoms with Gasteiger partial charge in [0.05, 0.1) is 12.2 Å². The van der Waals surface area contributed by atoms with E-state index in [1.165, 1.54) is 10.9 Å². The Morgan fingerprint density at radius 1 is 1.08 bits per heavy atom. The summed E-state index contributed by atoms with van der Waals surface area (Å²) in [5.74, 6) is 0.0577. The molecule has 0 radical (unpaired) electrons. The molecule has 0 atom stereocenters. The van der Waals surface area contributed by atoms with Crippen molar-refractivity contribution in [2.24, 2.45) is 0 Å². The zero-order chi connectivity index (χ0) is 18.9. The quantitative estimate of drug-likeness (QED) is 0.669. The van der Waals surface area contributed by atoms with Crippen LogP contribution in [0.5, 0.6) is 0 Å². The van der Waals surface area contributed by atoms with Crippen LogP contribution in [0.4, 0.5) is 5.82 Å². The van der Waals surface area contributed by atoms with Crippen molar-refractivity contribution in [1.82, 2.24) is 19.6 Å². The molecule has 0 aliphatic rings. The SMILES string of the molecule is CCn1cc(S(=O)(=O)Nc2nn(Cc3ccccc3Cl)cc2Cl)c(C)n1. The Morgan fingerprint density at radius 2 is 1.81 bits per heavy atom. The summed E-state index contributed by atoms with van der Waals surface area (Å²) >= 11 is 12.3. The van der Waals surface area contributed by atoms with Gasteiger partial charge in [-0.1, -0.05) is 41.4 Å². The third-order valence-electron chi connectivity index (χ3n) is 3.75. The summed E-state index contributed by atoms with van der Waals surface area (Å²) in [4.78, 5) is 0.0936. The van der Waals surface area contributed by atoms with Gasteiger partial charge in [-0.15, -0.1) is 0 Å². The number of rotatable bonds is 6. The molecule has 1 N–H and O–H groups in total. The minimum absolute atomic E-state index is 0.0577. The molecule has 2 aromatic heterocycles. The number of hydrogen-bond donors (Lipinski definition) is 1. The molecule has 0 aliphatic heterocycles. The second kappa shape index (κ2) is 7.30. The molecule has 0 bridgehead atoms. The van der Waals surface area contributed by atoms with Gasteiger partial charge in [-0.2, -0.15) is 10.2 Å². The Bertz CT molecular complexity index is 1040. The fourth-order valence-electron chi connectivity index (χ4n) is 2.46. The van der Waals surface area contributed by atoms with Gasteiger partial charge in [0.15, 0.2) is 5.82 Å². The summed E-state index contributed by atoms with van der Waals surface area (Å²) < 4.78 is 30.8. The fourth-order valence-corrected chi connectivity index (χ4v) is 4.11. The number of halogens is 2. The number of benzene rings is 1. The highest BCUT2D eigenvalue weighted by Crippen LogP contribution is 2.25. The van der Waals surface area contributed by atoms with Crippen molar-refractivity contribution in [2.45, 2.75) is 31.8 Å². The van der Waals surface area contributed by atoms with E-state index in [2.05, 4.69) is 14.9 Å². The number of hydrogen-bond acceptors (Lipinski definition) is 4. The number of nitrogens with zero attached hydrogens (tertiary/aromatic N) is 4. The van der Waals surface area contributed by atoms with Crippen molar-refractivity contribution < 1.29 is 8.42 Å². The van der Waals surface area contributed by atoms with E-state index >= 15 is 0 Å². The van der Waals surface area contributed by atoms with Crippen molar-refractivity contribution >= 4 is 39.0 Å². The summed E-state index contributed by atoms with van der Waals surface area (Å²) in [5.41, 5.74) is 1.26. The summed E-state index contributed by atoms with van der Waals surface area (Å²) in [7, 11) is -3.84. The first-order chi connectivity index (χ1) is 12.3. The molecule has 0 amide bonds. The molecule has 26 heavy (non-hydrogen) atoms. The van der Waals surface area contributed by atoms with Gasteiger partial charge in [-0.05, 0) is 25.5 Å². The summed E-state index contributed by atoms with van der Waals surface area (Å²) in [6.45, 7) is 4.46. The molecule has 3 rings (SSSR count). The smallest absolute Gasteiger partial charge is 0.266 e. The van der Waals surface area contributed by atoms with Crippen LogP contribution in [0, 0.1) is 6.92 Å². The highest BCUT2D eigenvalue weighted by molar-refractivity contribution is 7.92. The third kappa shape index (κ3) is 3.87. The topological polar surface area (TPSA) is 81.8 Å². The molecule has 0 unspecified atom stereocenters. The third-order valence-corrected chi connectivity index (χ3v) is 5.84. The van der Waals surface area contributed by atoms with Crippen molar-refractivity contribution in [3.05, 3.63) is 58.0 Å². The molecule has 138 valence electrons. The van der Waals surface area contributed by atoms with Gasteiger partial charge in [0.2, 0.25) is 0 Å². The first-order valence-electron chi connectivity index (χ1n) is 7.83. The molecule has 1 aromatic carbocycles. The molecule has 7 nitrogen and oxygen atoms in total. The Hall–Kier alpha value is -2.03. The van der Waals surface area contributed by atoms with E-state index < -0.39 is 10.0 Å². The van der Waals surface area contributed by atoms with E-state index in [1.807, 2.05) is 25.1 Å². The van der Waals surface area contributed by atoms with E-state index in [1.54, 1.807) is 23.9 Å². The van der Waals surface area contributed by atoms with E-state index in [0.717, 1.165) is 5.56 Å². The molecule has 0 saturated heterocycles. The predicted molar refractivity (Wildman–Crippen MR) is 101 cm³/mol. The maximum atomic E-state index is 12.6. The van der Waals surface area contributed by atoms with Crippen LogP contribution in [0.2, 0.25) is 10.0 Å². The minimum atomic E-state index is -3.84. The number of sulfonamides is 1. The van der Waals surface area contributed by atoms with Crippen LogP contribution in [0.3, 0.4) is 0 Å². The molecule has 0 aliphatic carbocycles. The molecule has 3 aromatic rings. The first kappa shape index (κ1) is 18.8. The van der Waals surface area contributed by atoms with Gasteiger partial charge in [-0.3, -0.25) is 14.1 Å². The highest BCUT2D eigenvalue weighted by Gasteiger charge is 2.23. The second-order valence-corrected chi connectivity index (χ2v) is 8.12. The van der Waals surface area contributed by atoms with E-state index in [0.29, 0.717) is 23.8 Å². The van der Waals surface area contributed by atoms with E-state index in [4.69, 9.17) is 23.2 Å². The lowest BCUT2D eigenvalue weighted by atomic mass is 10.2. The zero-order valence-corrected chi connectivity index (χ0v) is 16.5. The Labute approximate surface area is 161 Å². The lowest BCUT2D eigenvalue weighted by molar-refractivity contribution is 0.599. The van der Waals surface area contributed by atoms with E-state index in [-0.39, 0.29) is 15.7 Å². The van der Waals surface area contributed by atoms with Crippen LogP contribution in [0.25, 0.3) is 0 Å². The predicted octanol–water partition coefficient (Wildman–Crippen LogP) is 3.56. The van der Waals surface area contributed by atoms with E-state index in [9.17, 15) is 8.42 Å². The first-order valence-corrected chi connectivity index (χ1v) is 10.1. The van der Waals surface area contributed by atoms with Crippen molar-refractivity contribution in [1.29, 1.82) is 0 Å². The average molecular weight is 414 g/mol. The monoisotopic (exact) mass is 413 g/mol. The normalized spacial score (nSPS) is 11.7. The van der Waals surface area contributed by atoms with Gasteiger partial charge in [0, 0.05) is 24.0 Å². The van der Waals surface area contributed by atoms with Crippen molar-refractivity contribution in [2.75, 3.05) is 4.72 Å². The number of nitrogens with one attached hydrogen (secondary N) is 1. The Kier molecular flexibility index (Phi) is 5.27. The molecule has 0 spiro atoms. The molecule has 2 heterocycles. The van der Waals surface area contributed by atoms with Gasteiger partial charge >= 0.3 is 0 Å². The summed E-state index contributed by atoms with van der Waals surface area (Å²) in [6, 6.07) is 7.34. The van der Waals surface area contributed by atoms with Gasteiger partial charge in [0.1, 0.15) is 9.92 Å². The van der Waals surface area contributed by atoms with Crippen molar-refractivity contribution in [3.8, 4) is 0 Å². The Morgan fingerprint density at radius 3 is 2.46 bits per heavy atom. The standard InChI is InChI=1S/C16H17Cl2N5O2S/c1-3-22-10-15(11(2)19-22)26(24,25)21-16-14(18)9-23(20-16)8-12-6-4-5-7-13(12)17/h4-7,9-10H,3,8H2,1-2H3,(H,20,21). The highest BCUT2D eigenvalue weighted by atomic mass is 35.5. The van der Waals surface area contributed by atoms with Crippen LogP contribution >= 0.6 is 23.2 Å². The largest absolute Gasteiger partial charge is 0.271 e. The van der Waals surface area contributed by atoms with Crippen LogP contribution in [0.15, 0.2) is 41.6 Å². The molecular formula is C16H17Cl2N5O2S. The molecular weight excluding hydrogens is 397 g/mol. The average Bonchev–Trinajstić information content (AvgIpc) is 3.12. The van der Waals surface area contributed by atoms with Gasteiger partial charge in [0.25, 0.3) is 10.0 Å². The van der Waals surface area contributed by atoms with Gasteiger partial charge < -0.3 is 0 Å². The number of aromatic nitrogens is 4. The number of anilines is 1. The maximum absolute atomic E-state index is 12.6. The van der Waals surface area contributed by atoms with Gasteiger partial charge in [-0.25, -0.2) is 8.42 Å². The molecule has 0 saturated carbocycles. The van der Waals surface area contributed by atoms with Crippen LogP contribution in [-0.4, -0.2) is 28.0 Å². The van der Waals surface area contributed by atoms with Crippen LogP contribution < -0.4 is 4.72 Å². The van der Waals surface area contributed by atoms with Crippen LogP contribution in [-0.2, 0) is 23.1 Å². The minimum Gasteiger partial charge on any atom is -0.271 e. The Balaban J connectivity index is 1.85. The second-order valence-electron chi connectivity index (χ2n) is 5.65. The summed E-state index contributed by atoms with van der Waals surface area (Å²) in [6.07, 6.45) is 3.03. The zero-order valence-electron chi connectivity index (χ0n) is 14.1. The van der Waals surface area contributed by atoms with Crippen LogP contribution in [0.1, 0.15) is 18.2 Å².